The molecule has 122 valence electrons. The zero-order chi connectivity index (χ0) is 16.1. The molecule has 0 amide bonds. The van der Waals surface area contributed by atoms with E-state index in [9.17, 15) is 5.11 Å². The first kappa shape index (κ1) is 15.8. The predicted octanol–water partition coefficient (Wildman–Crippen LogP) is 3.61. The van der Waals surface area contributed by atoms with E-state index >= 15 is 0 Å². The molecule has 3 rings (SSSR count). The highest BCUT2D eigenvalue weighted by Gasteiger charge is 2.47. The summed E-state index contributed by atoms with van der Waals surface area (Å²) in [6, 6.07) is 4.15. The Hall–Kier alpha value is -1.06. The molecule has 1 aromatic carbocycles. The normalized spacial score (nSPS) is 31.5. The smallest absolute Gasteiger partial charge is 0.129 e. The van der Waals surface area contributed by atoms with E-state index in [1.54, 1.807) is 0 Å². The van der Waals surface area contributed by atoms with Gasteiger partial charge >= 0.3 is 0 Å². The highest BCUT2D eigenvalue weighted by atomic mass is 16.5. The van der Waals surface area contributed by atoms with Gasteiger partial charge in [0.2, 0.25) is 0 Å². The molecule has 1 aromatic rings. The third-order valence-electron chi connectivity index (χ3n) is 5.48. The molecule has 3 nitrogen and oxygen atoms in total. The number of aliphatic hydroxyl groups is 1. The zero-order valence-electron chi connectivity index (χ0n) is 14.5. The Kier molecular flexibility index (Phi) is 3.98. The van der Waals surface area contributed by atoms with Crippen LogP contribution in [0.3, 0.4) is 0 Å². The summed E-state index contributed by atoms with van der Waals surface area (Å²) in [7, 11) is 0. The first-order chi connectivity index (χ1) is 10.3. The Labute approximate surface area is 134 Å². The van der Waals surface area contributed by atoms with Crippen molar-refractivity contribution in [2.75, 3.05) is 13.1 Å². The van der Waals surface area contributed by atoms with Crippen molar-refractivity contribution in [1.29, 1.82) is 0 Å². The molecule has 1 N–H and O–H groups in total. The molecular weight excluding hydrogens is 274 g/mol. The number of aliphatic hydroxyl groups excluding tert-OH is 1. The van der Waals surface area contributed by atoms with E-state index in [1.165, 1.54) is 18.4 Å². The van der Waals surface area contributed by atoms with Crippen molar-refractivity contribution in [1.82, 2.24) is 4.90 Å². The standard InChI is InChI=1S/C19H29NO2/c1-12-7-6-10-20(11-12)18-16(21)15-9-8-13(2)14(3)17(15)22-19(18,4)5/h8-9,12,16,18,21H,6-7,10-11H2,1-5H3. The second kappa shape index (κ2) is 5.54. The minimum Gasteiger partial charge on any atom is -0.485 e. The van der Waals surface area contributed by atoms with E-state index in [2.05, 4.69) is 45.6 Å². The van der Waals surface area contributed by atoms with Crippen LogP contribution < -0.4 is 4.74 Å². The quantitative estimate of drug-likeness (QED) is 0.860. The SMILES string of the molecule is Cc1ccc2c(c1C)OC(C)(C)C(N1CCCC(C)C1)C2O. The minimum absolute atomic E-state index is 0.0184. The van der Waals surface area contributed by atoms with Gasteiger partial charge in [-0.2, -0.15) is 0 Å². The summed E-state index contributed by atoms with van der Waals surface area (Å²) in [4.78, 5) is 2.44. The van der Waals surface area contributed by atoms with Crippen LogP contribution in [0.5, 0.6) is 5.75 Å². The van der Waals surface area contributed by atoms with Crippen LogP contribution in [0.4, 0.5) is 0 Å². The van der Waals surface area contributed by atoms with Gasteiger partial charge in [0.15, 0.2) is 0 Å². The number of hydrogen-bond donors (Lipinski definition) is 1. The number of aryl methyl sites for hydroxylation is 1. The van der Waals surface area contributed by atoms with Crippen LogP contribution in [0.1, 0.15) is 56.4 Å². The second-order valence-electron chi connectivity index (χ2n) is 7.76. The lowest BCUT2D eigenvalue weighted by molar-refractivity contribution is -0.0923. The molecule has 0 radical (unpaired) electrons. The Morgan fingerprint density at radius 3 is 2.68 bits per heavy atom. The van der Waals surface area contributed by atoms with Crippen LogP contribution in [0.2, 0.25) is 0 Å². The molecule has 2 heterocycles. The van der Waals surface area contributed by atoms with Crippen LogP contribution in [0.15, 0.2) is 12.1 Å². The van der Waals surface area contributed by atoms with E-state index in [-0.39, 0.29) is 11.6 Å². The molecule has 2 aliphatic heterocycles. The number of benzene rings is 1. The average molecular weight is 303 g/mol. The topological polar surface area (TPSA) is 32.7 Å². The fraction of sp³-hybridized carbons (Fsp3) is 0.684. The molecule has 0 saturated carbocycles. The lowest BCUT2D eigenvalue weighted by Gasteiger charge is -2.50. The maximum Gasteiger partial charge on any atom is 0.129 e. The molecule has 22 heavy (non-hydrogen) atoms. The Morgan fingerprint density at radius 2 is 2.00 bits per heavy atom. The molecule has 0 aromatic heterocycles. The molecular formula is C19H29NO2. The fourth-order valence-corrected chi connectivity index (χ4v) is 4.17. The largest absolute Gasteiger partial charge is 0.485 e. The van der Waals surface area contributed by atoms with E-state index in [0.717, 1.165) is 30.0 Å². The number of piperidine rings is 1. The molecule has 3 atom stereocenters. The van der Waals surface area contributed by atoms with Crippen LogP contribution in [0.25, 0.3) is 0 Å². The third-order valence-corrected chi connectivity index (χ3v) is 5.48. The van der Waals surface area contributed by atoms with Crippen molar-refractivity contribution in [3.63, 3.8) is 0 Å². The Bertz CT molecular complexity index is 567. The van der Waals surface area contributed by atoms with Crippen LogP contribution in [-0.4, -0.2) is 34.7 Å². The summed E-state index contributed by atoms with van der Waals surface area (Å²) in [5.74, 6) is 1.58. The van der Waals surface area contributed by atoms with E-state index in [1.807, 2.05) is 6.07 Å². The van der Waals surface area contributed by atoms with Gasteiger partial charge in [-0.15, -0.1) is 0 Å². The Morgan fingerprint density at radius 1 is 1.27 bits per heavy atom. The molecule has 0 bridgehead atoms. The van der Waals surface area contributed by atoms with Gasteiger partial charge in [-0.05, 0) is 64.1 Å². The van der Waals surface area contributed by atoms with Crippen molar-refractivity contribution in [3.05, 3.63) is 28.8 Å². The number of ether oxygens (including phenoxy) is 1. The predicted molar refractivity (Wildman–Crippen MR) is 89.3 cm³/mol. The van der Waals surface area contributed by atoms with Gasteiger partial charge in [0, 0.05) is 12.1 Å². The monoisotopic (exact) mass is 303 g/mol. The van der Waals surface area contributed by atoms with E-state index < -0.39 is 6.10 Å². The highest BCUT2D eigenvalue weighted by Crippen LogP contribution is 2.45. The fourth-order valence-electron chi connectivity index (χ4n) is 4.17. The molecule has 2 aliphatic rings. The molecule has 0 spiro atoms. The summed E-state index contributed by atoms with van der Waals surface area (Å²) >= 11 is 0. The maximum absolute atomic E-state index is 11.1. The van der Waals surface area contributed by atoms with Crippen molar-refractivity contribution in [2.45, 2.75) is 65.2 Å². The maximum atomic E-state index is 11.1. The second-order valence-corrected chi connectivity index (χ2v) is 7.76. The molecule has 0 aliphatic carbocycles. The average Bonchev–Trinajstić information content (AvgIpc) is 2.43. The molecule has 3 unspecified atom stereocenters. The number of rotatable bonds is 1. The van der Waals surface area contributed by atoms with Gasteiger partial charge in [-0.25, -0.2) is 0 Å². The van der Waals surface area contributed by atoms with Gasteiger partial charge in [-0.1, -0.05) is 19.1 Å². The van der Waals surface area contributed by atoms with Crippen molar-refractivity contribution in [3.8, 4) is 5.75 Å². The summed E-state index contributed by atoms with van der Waals surface area (Å²) in [6.45, 7) is 12.8. The van der Waals surface area contributed by atoms with Gasteiger partial charge < -0.3 is 9.84 Å². The molecule has 3 heteroatoms. The van der Waals surface area contributed by atoms with E-state index in [4.69, 9.17) is 4.74 Å². The van der Waals surface area contributed by atoms with Gasteiger partial charge in [0.05, 0.1) is 6.04 Å². The molecule has 1 fully saturated rings. The van der Waals surface area contributed by atoms with Crippen LogP contribution in [-0.2, 0) is 0 Å². The number of hydrogen-bond acceptors (Lipinski definition) is 3. The lowest BCUT2D eigenvalue weighted by atomic mass is 9.82. The third kappa shape index (κ3) is 2.55. The minimum atomic E-state index is -0.483. The summed E-state index contributed by atoms with van der Waals surface area (Å²) in [6.07, 6.45) is 2.01. The zero-order valence-corrected chi connectivity index (χ0v) is 14.5. The van der Waals surface area contributed by atoms with E-state index in [0.29, 0.717) is 5.92 Å². The number of fused-ring (bicyclic) bond motifs is 1. The molecule has 1 saturated heterocycles. The number of nitrogens with zero attached hydrogens (tertiary/aromatic N) is 1. The lowest BCUT2D eigenvalue weighted by Crippen LogP contribution is -2.59. The van der Waals surface area contributed by atoms with Gasteiger partial charge in [0.1, 0.15) is 17.5 Å². The Balaban J connectivity index is 2.00. The summed E-state index contributed by atoms with van der Waals surface area (Å²) in [5, 5.41) is 11.1. The van der Waals surface area contributed by atoms with Crippen molar-refractivity contribution in [2.24, 2.45) is 5.92 Å². The highest BCUT2D eigenvalue weighted by molar-refractivity contribution is 5.49. The number of likely N-dealkylation sites (tertiary alicyclic amines) is 1. The van der Waals surface area contributed by atoms with Crippen molar-refractivity contribution >= 4 is 0 Å². The van der Waals surface area contributed by atoms with Gasteiger partial charge in [-0.3, -0.25) is 4.90 Å². The summed E-state index contributed by atoms with van der Waals surface area (Å²) in [5.41, 5.74) is 2.93. The van der Waals surface area contributed by atoms with Gasteiger partial charge in [0.25, 0.3) is 0 Å². The summed E-state index contributed by atoms with van der Waals surface area (Å²) < 4.78 is 6.40. The van der Waals surface area contributed by atoms with Crippen LogP contribution in [0, 0.1) is 19.8 Å². The van der Waals surface area contributed by atoms with Crippen LogP contribution >= 0.6 is 0 Å². The first-order valence-electron chi connectivity index (χ1n) is 8.52. The first-order valence-corrected chi connectivity index (χ1v) is 8.52. The van der Waals surface area contributed by atoms with Crippen molar-refractivity contribution < 1.29 is 9.84 Å².